The van der Waals surface area contributed by atoms with Crippen LogP contribution < -0.4 is 11.0 Å². The molecule has 40 heavy (non-hydrogen) atoms. The lowest BCUT2D eigenvalue weighted by Gasteiger charge is -2.29. The number of hydrogen-bond acceptors (Lipinski definition) is 5. The van der Waals surface area contributed by atoms with Crippen molar-refractivity contribution >= 4 is 39.6 Å². The Kier molecular flexibility index (Phi) is 6.92. The van der Waals surface area contributed by atoms with Gasteiger partial charge in [0.25, 0.3) is 5.91 Å². The van der Waals surface area contributed by atoms with Crippen LogP contribution in [0.1, 0.15) is 54.4 Å². The van der Waals surface area contributed by atoms with Crippen LogP contribution in [0, 0.1) is 19.8 Å². The molecule has 206 valence electrons. The summed E-state index contributed by atoms with van der Waals surface area (Å²) in [7, 11) is 0. The second kappa shape index (κ2) is 10.5. The second-order valence-corrected chi connectivity index (χ2v) is 11.1. The quantitative estimate of drug-likeness (QED) is 0.309. The number of rotatable bonds is 6. The number of benzene rings is 1. The third-order valence-corrected chi connectivity index (χ3v) is 8.37. The van der Waals surface area contributed by atoms with Crippen LogP contribution in [-0.2, 0) is 13.1 Å². The number of nitrogens with one attached hydrogen (secondary N) is 1. The van der Waals surface area contributed by atoms with Crippen LogP contribution in [0.15, 0.2) is 53.6 Å². The molecule has 1 N–H and O–H groups in total. The maximum absolute atomic E-state index is 13.9. The molecule has 5 aromatic rings. The zero-order valence-electron chi connectivity index (χ0n) is 22.9. The highest BCUT2D eigenvalue weighted by atomic mass is 35.5. The van der Waals surface area contributed by atoms with Crippen molar-refractivity contribution < 1.29 is 4.79 Å². The van der Waals surface area contributed by atoms with Gasteiger partial charge in [0.2, 0.25) is 0 Å². The predicted octanol–water partition coefficient (Wildman–Crippen LogP) is 5.21. The first-order valence-electron chi connectivity index (χ1n) is 13.8. The fourth-order valence-electron chi connectivity index (χ4n) is 5.93. The fourth-order valence-corrected chi connectivity index (χ4v) is 6.09. The predicted molar refractivity (Wildman–Crippen MR) is 156 cm³/mol. The summed E-state index contributed by atoms with van der Waals surface area (Å²) in [4.78, 5) is 35.5. The SMILES string of the molecule is CCn1nc2ncc(-n3c(=O)n(CC4CCC(NC(=O)c5cc(Cl)cnc5C)CC4)c4ccccc43)cc2c1C. The summed E-state index contributed by atoms with van der Waals surface area (Å²) in [5, 5.41) is 9.12. The Morgan fingerprint density at radius 2 is 1.80 bits per heavy atom. The minimum absolute atomic E-state index is 0.0674. The summed E-state index contributed by atoms with van der Waals surface area (Å²) in [6, 6.07) is 11.7. The number of amides is 1. The molecule has 10 heteroatoms. The molecule has 1 aromatic carbocycles. The van der Waals surface area contributed by atoms with E-state index in [9.17, 15) is 9.59 Å². The van der Waals surface area contributed by atoms with Crippen LogP contribution in [0.25, 0.3) is 27.8 Å². The normalized spacial score (nSPS) is 17.5. The first kappa shape index (κ1) is 26.3. The fraction of sp³-hybridized carbons (Fsp3) is 0.367. The van der Waals surface area contributed by atoms with Gasteiger partial charge in [-0.1, -0.05) is 23.7 Å². The smallest absolute Gasteiger partial charge is 0.333 e. The highest BCUT2D eigenvalue weighted by Crippen LogP contribution is 2.28. The van der Waals surface area contributed by atoms with Gasteiger partial charge in [-0.3, -0.25) is 23.6 Å². The van der Waals surface area contributed by atoms with Crippen molar-refractivity contribution in [2.75, 3.05) is 0 Å². The van der Waals surface area contributed by atoms with Crippen LogP contribution in [0.2, 0.25) is 5.02 Å². The van der Waals surface area contributed by atoms with Crippen molar-refractivity contribution in [1.82, 2.24) is 34.2 Å². The van der Waals surface area contributed by atoms with Crippen LogP contribution in [0.5, 0.6) is 0 Å². The molecule has 1 saturated carbocycles. The third-order valence-electron chi connectivity index (χ3n) is 8.16. The van der Waals surface area contributed by atoms with E-state index in [2.05, 4.69) is 27.3 Å². The number of nitrogens with zero attached hydrogens (tertiary/aromatic N) is 6. The lowest BCUT2D eigenvalue weighted by Crippen LogP contribution is -2.39. The van der Waals surface area contributed by atoms with Gasteiger partial charge in [0.15, 0.2) is 5.65 Å². The number of carbonyl (C=O) groups is 1. The highest BCUT2D eigenvalue weighted by molar-refractivity contribution is 6.30. The molecular formula is C30H32ClN7O2. The largest absolute Gasteiger partial charge is 0.349 e. The molecule has 1 fully saturated rings. The maximum atomic E-state index is 13.9. The van der Waals surface area contributed by atoms with Gasteiger partial charge in [0.1, 0.15) is 0 Å². The molecule has 0 aliphatic heterocycles. The molecule has 0 spiro atoms. The van der Waals surface area contributed by atoms with Crippen molar-refractivity contribution in [2.45, 2.75) is 65.6 Å². The Hall–Kier alpha value is -3.98. The zero-order chi connectivity index (χ0) is 28.0. The van der Waals surface area contributed by atoms with Gasteiger partial charge in [-0.05, 0) is 76.6 Å². The number of hydrogen-bond donors (Lipinski definition) is 1. The van der Waals surface area contributed by atoms with E-state index in [0.717, 1.165) is 60.0 Å². The van der Waals surface area contributed by atoms with Crippen molar-refractivity contribution in [3.8, 4) is 5.69 Å². The van der Waals surface area contributed by atoms with Gasteiger partial charge in [0.05, 0.1) is 39.2 Å². The van der Waals surface area contributed by atoms with Crippen LogP contribution in [0.4, 0.5) is 0 Å². The van der Waals surface area contributed by atoms with E-state index in [4.69, 9.17) is 11.6 Å². The molecule has 4 aromatic heterocycles. The molecule has 1 aliphatic carbocycles. The van der Waals surface area contributed by atoms with E-state index in [-0.39, 0.29) is 17.6 Å². The Balaban J connectivity index is 1.22. The van der Waals surface area contributed by atoms with E-state index in [1.807, 2.05) is 53.4 Å². The Labute approximate surface area is 236 Å². The van der Waals surface area contributed by atoms with Crippen molar-refractivity contribution in [3.63, 3.8) is 0 Å². The highest BCUT2D eigenvalue weighted by Gasteiger charge is 2.26. The lowest BCUT2D eigenvalue weighted by atomic mass is 9.85. The number of aromatic nitrogens is 6. The first-order valence-corrected chi connectivity index (χ1v) is 14.2. The van der Waals surface area contributed by atoms with E-state index < -0.39 is 0 Å². The number of halogens is 1. The van der Waals surface area contributed by atoms with Gasteiger partial charge < -0.3 is 5.32 Å². The Morgan fingerprint density at radius 3 is 2.55 bits per heavy atom. The van der Waals surface area contributed by atoms with Crippen LogP contribution in [0.3, 0.4) is 0 Å². The first-order chi connectivity index (χ1) is 19.3. The molecule has 0 radical (unpaired) electrons. The van der Waals surface area contributed by atoms with Crippen molar-refractivity contribution in [2.24, 2.45) is 5.92 Å². The number of para-hydroxylation sites is 2. The van der Waals surface area contributed by atoms with Gasteiger partial charge in [-0.2, -0.15) is 5.10 Å². The molecular weight excluding hydrogens is 526 g/mol. The number of imidazole rings is 1. The van der Waals surface area contributed by atoms with Crippen LogP contribution >= 0.6 is 11.6 Å². The summed E-state index contributed by atoms with van der Waals surface area (Å²) in [5.41, 5.74) is 5.34. The molecule has 0 unspecified atom stereocenters. The molecule has 0 saturated heterocycles. The Morgan fingerprint density at radius 1 is 1.05 bits per heavy atom. The maximum Gasteiger partial charge on any atom is 0.333 e. The monoisotopic (exact) mass is 557 g/mol. The van der Waals surface area contributed by atoms with Gasteiger partial charge in [0, 0.05) is 36.4 Å². The van der Waals surface area contributed by atoms with E-state index in [1.165, 1.54) is 0 Å². The summed E-state index contributed by atoms with van der Waals surface area (Å²) >= 11 is 6.06. The number of aryl methyl sites for hydroxylation is 3. The second-order valence-electron chi connectivity index (χ2n) is 10.7. The zero-order valence-corrected chi connectivity index (χ0v) is 23.6. The van der Waals surface area contributed by atoms with Crippen LogP contribution in [-0.4, -0.2) is 40.8 Å². The topological polar surface area (TPSA) is 99.6 Å². The third kappa shape index (κ3) is 4.68. The molecule has 0 atom stereocenters. The standard InChI is InChI=1S/C30H32ClN7O2/c1-4-37-19(3)25-14-23(16-33-28(25)35-37)38-27-8-6-5-7-26(27)36(30(38)40)17-20-9-11-22(12-10-20)34-29(39)24-13-21(31)15-32-18(24)2/h5-8,13-16,20,22H,4,9-12,17H2,1-3H3,(H,34,39). The van der Waals surface area contributed by atoms with E-state index in [0.29, 0.717) is 34.4 Å². The summed E-state index contributed by atoms with van der Waals surface area (Å²) in [6.07, 6.45) is 6.85. The summed E-state index contributed by atoms with van der Waals surface area (Å²) in [6.45, 7) is 7.29. The minimum Gasteiger partial charge on any atom is -0.349 e. The average molecular weight is 558 g/mol. The number of carbonyl (C=O) groups excluding carboxylic acids is 1. The molecule has 1 amide bonds. The van der Waals surface area contributed by atoms with Crippen molar-refractivity contribution in [1.29, 1.82) is 0 Å². The average Bonchev–Trinajstić information content (AvgIpc) is 3.43. The van der Waals surface area contributed by atoms with Gasteiger partial charge >= 0.3 is 5.69 Å². The number of pyridine rings is 2. The van der Waals surface area contributed by atoms with E-state index in [1.54, 1.807) is 23.0 Å². The summed E-state index contributed by atoms with van der Waals surface area (Å²) in [5.74, 6) is 0.200. The Bertz CT molecular complexity index is 1790. The molecule has 9 nitrogen and oxygen atoms in total. The molecule has 4 heterocycles. The summed E-state index contributed by atoms with van der Waals surface area (Å²) < 4.78 is 5.59. The van der Waals surface area contributed by atoms with Gasteiger partial charge in [-0.15, -0.1) is 0 Å². The van der Waals surface area contributed by atoms with Crippen molar-refractivity contribution in [3.05, 3.63) is 81.3 Å². The molecule has 0 bridgehead atoms. The molecule has 1 aliphatic rings. The minimum atomic E-state index is -0.138. The lowest BCUT2D eigenvalue weighted by molar-refractivity contribution is 0.0919. The molecule has 6 rings (SSSR count). The van der Waals surface area contributed by atoms with Gasteiger partial charge in [-0.25, -0.2) is 9.78 Å². The van der Waals surface area contributed by atoms with E-state index >= 15 is 0 Å². The number of fused-ring (bicyclic) bond motifs is 2.